The second-order valence-corrected chi connectivity index (χ2v) is 3.55. The number of hydrogen-bond acceptors (Lipinski definition) is 2. The van der Waals surface area contributed by atoms with Gasteiger partial charge in [-0.25, -0.2) is 0 Å². The lowest BCUT2D eigenvalue weighted by atomic mass is 9.92. The highest BCUT2D eigenvalue weighted by molar-refractivity contribution is 6.16. The minimum absolute atomic E-state index is 0.414. The Morgan fingerprint density at radius 3 is 2.50 bits per heavy atom. The Kier molecular flexibility index (Phi) is 2.44. The zero-order valence-corrected chi connectivity index (χ0v) is 8.57. The molecule has 0 radical (unpaired) electrons. The Morgan fingerprint density at radius 2 is 1.86 bits per heavy atom. The molecule has 0 aromatic heterocycles. The zero-order valence-electron chi connectivity index (χ0n) is 8.57. The highest BCUT2D eigenvalue weighted by Crippen LogP contribution is 2.20. The standard InChI is InChI=1S/C12H14N2/c1-3-11-9(2)13-14-12(11)10-7-5-4-6-8-10/h4-8,11H,3H2,1-2H3/t11-/m1/s1. The van der Waals surface area contributed by atoms with Gasteiger partial charge < -0.3 is 0 Å². The van der Waals surface area contributed by atoms with Gasteiger partial charge in [0, 0.05) is 11.6 Å². The molecule has 2 rings (SSSR count). The van der Waals surface area contributed by atoms with E-state index >= 15 is 0 Å². The summed E-state index contributed by atoms with van der Waals surface area (Å²) in [4.78, 5) is 0. The molecular weight excluding hydrogens is 172 g/mol. The first-order chi connectivity index (χ1) is 6.83. The summed E-state index contributed by atoms with van der Waals surface area (Å²) in [5.41, 5.74) is 3.44. The Morgan fingerprint density at radius 1 is 1.14 bits per heavy atom. The summed E-state index contributed by atoms with van der Waals surface area (Å²) in [6.45, 7) is 4.22. The molecule has 0 N–H and O–H groups in total. The third kappa shape index (κ3) is 1.48. The van der Waals surface area contributed by atoms with Gasteiger partial charge in [0.05, 0.1) is 5.71 Å². The maximum absolute atomic E-state index is 4.24. The van der Waals surface area contributed by atoms with Gasteiger partial charge in [0.25, 0.3) is 0 Å². The summed E-state index contributed by atoms with van der Waals surface area (Å²) in [6, 6.07) is 10.3. The first-order valence-corrected chi connectivity index (χ1v) is 5.00. The normalized spacial score (nSPS) is 20.6. The Hall–Kier alpha value is -1.44. The molecule has 1 atom stereocenters. The van der Waals surface area contributed by atoms with Crippen LogP contribution in [0.2, 0.25) is 0 Å². The maximum atomic E-state index is 4.24. The lowest BCUT2D eigenvalue weighted by molar-refractivity contribution is 0.868. The third-order valence-corrected chi connectivity index (χ3v) is 2.63. The van der Waals surface area contributed by atoms with E-state index in [1.54, 1.807) is 0 Å². The summed E-state index contributed by atoms with van der Waals surface area (Å²) in [7, 11) is 0. The molecule has 0 aliphatic carbocycles. The highest BCUT2D eigenvalue weighted by atomic mass is 15.2. The Bertz CT molecular complexity index is 377. The van der Waals surface area contributed by atoms with E-state index in [1.165, 1.54) is 5.56 Å². The molecule has 0 bridgehead atoms. The number of hydrogen-bond donors (Lipinski definition) is 0. The molecule has 0 saturated carbocycles. The van der Waals surface area contributed by atoms with Crippen molar-refractivity contribution in [2.45, 2.75) is 20.3 Å². The lowest BCUT2D eigenvalue weighted by Crippen LogP contribution is -2.17. The molecule has 1 aromatic rings. The van der Waals surface area contributed by atoms with Crippen molar-refractivity contribution in [3.63, 3.8) is 0 Å². The zero-order chi connectivity index (χ0) is 9.97. The van der Waals surface area contributed by atoms with Gasteiger partial charge in [0.15, 0.2) is 0 Å². The van der Waals surface area contributed by atoms with Gasteiger partial charge in [0.2, 0.25) is 0 Å². The van der Waals surface area contributed by atoms with E-state index in [9.17, 15) is 0 Å². The molecule has 1 heterocycles. The van der Waals surface area contributed by atoms with Crippen LogP contribution in [0.15, 0.2) is 40.5 Å². The van der Waals surface area contributed by atoms with Crippen LogP contribution in [-0.4, -0.2) is 11.4 Å². The van der Waals surface area contributed by atoms with E-state index in [4.69, 9.17) is 0 Å². The number of benzene rings is 1. The van der Waals surface area contributed by atoms with Gasteiger partial charge in [-0.1, -0.05) is 37.3 Å². The van der Waals surface area contributed by atoms with Gasteiger partial charge >= 0.3 is 0 Å². The number of rotatable bonds is 2. The molecule has 1 aliphatic rings. The minimum Gasteiger partial charge on any atom is -0.159 e. The second kappa shape index (κ2) is 3.74. The Balaban J connectivity index is 2.31. The molecule has 0 spiro atoms. The van der Waals surface area contributed by atoms with E-state index in [-0.39, 0.29) is 0 Å². The van der Waals surface area contributed by atoms with Crippen molar-refractivity contribution < 1.29 is 0 Å². The topological polar surface area (TPSA) is 24.7 Å². The van der Waals surface area contributed by atoms with Crippen LogP contribution < -0.4 is 0 Å². The smallest absolute Gasteiger partial charge is 0.0790 e. The molecule has 0 unspecified atom stereocenters. The molecule has 72 valence electrons. The maximum Gasteiger partial charge on any atom is 0.0790 e. The molecule has 14 heavy (non-hydrogen) atoms. The van der Waals surface area contributed by atoms with Crippen molar-refractivity contribution in [2.75, 3.05) is 0 Å². The van der Waals surface area contributed by atoms with E-state index in [0.29, 0.717) is 5.92 Å². The molecule has 1 aliphatic heterocycles. The lowest BCUT2D eigenvalue weighted by Gasteiger charge is -2.10. The van der Waals surface area contributed by atoms with Gasteiger partial charge in [-0.3, -0.25) is 0 Å². The fourth-order valence-electron chi connectivity index (χ4n) is 1.83. The van der Waals surface area contributed by atoms with Crippen LogP contribution in [0.5, 0.6) is 0 Å². The molecule has 2 heteroatoms. The molecule has 0 amide bonds. The van der Waals surface area contributed by atoms with Crippen LogP contribution in [0, 0.1) is 5.92 Å². The van der Waals surface area contributed by atoms with Crippen molar-refractivity contribution in [3.8, 4) is 0 Å². The van der Waals surface area contributed by atoms with Gasteiger partial charge in [-0.15, -0.1) is 0 Å². The van der Waals surface area contributed by atoms with Crippen molar-refractivity contribution in [3.05, 3.63) is 35.9 Å². The average molecular weight is 186 g/mol. The molecule has 0 saturated heterocycles. The van der Waals surface area contributed by atoms with Crippen LogP contribution in [-0.2, 0) is 0 Å². The Labute approximate surface area is 84.4 Å². The SMILES string of the molecule is CC[C@@H]1C(C)=NN=C1c1ccccc1. The van der Waals surface area contributed by atoms with Crippen molar-refractivity contribution >= 4 is 11.4 Å². The predicted octanol–water partition coefficient (Wildman–Crippen LogP) is 2.89. The monoisotopic (exact) mass is 186 g/mol. The molecule has 1 aromatic carbocycles. The van der Waals surface area contributed by atoms with Crippen molar-refractivity contribution in [1.29, 1.82) is 0 Å². The summed E-state index contributed by atoms with van der Waals surface area (Å²) < 4.78 is 0. The van der Waals surface area contributed by atoms with E-state index in [1.807, 2.05) is 25.1 Å². The summed E-state index contributed by atoms with van der Waals surface area (Å²) in [6.07, 6.45) is 1.07. The molecule has 0 fully saturated rings. The average Bonchev–Trinajstić information content (AvgIpc) is 2.61. The number of nitrogens with zero attached hydrogens (tertiary/aromatic N) is 2. The predicted molar refractivity (Wildman–Crippen MR) is 59.9 cm³/mol. The van der Waals surface area contributed by atoms with Gasteiger partial charge in [-0.05, 0) is 18.9 Å². The van der Waals surface area contributed by atoms with E-state index in [2.05, 4.69) is 29.3 Å². The summed E-state index contributed by atoms with van der Waals surface area (Å²) >= 11 is 0. The van der Waals surface area contributed by atoms with Crippen molar-refractivity contribution in [1.82, 2.24) is 0 Å². The van der Waals surface area contributed by atoms with Crippen molar-refractivity contribution in [2.24, 2.45) is 16.1 Å². The quantitative estimate of drug-likeness (QED) is 0.678. The molecule has 2 nitrogen and oxygen atoms in total. The van der Waals surface area contributed by atoms with Crippen LogP contribution in [0.4, 0.5) is 0 Å². The van der Waals surface area contributed by atoms with Gasteiger partial charge in [-0.2, -0.15) is 10.2 Å². The third-order valence-electron chi connectivity index (χ3n) is 2.63. The molecular formula is C12H14N2. The van der Waals surface area contributed by atoms with Crippen LogP contribution >= 0.6 is 0 Å². The van der Waals surface area contributed by atoms with Crippen LogP contribution in [0.3, 0.4) is 0 Å². The summed E-state index contributed by atoms with van der Waals surface area (Å²) in [5.74, 6) is 0.414. The van der Waals surface area contributed by atoms with E-state index in [0.717, 1.165) is 17.8 Å². The first-order valence-electron chi connectivity index (χ1n) is 5.00. The van der Waals surface area contributed by atoms with Crippen LogP contribution in [0.25, 0.3) is 0 Å². The van der Waals surface area contributed by atoms with Crippen LogP contribution in [0.1, 0.15) is 25.8 Å². The van der Waals surface area contributed by atoms with E-state index < -0.39 is 0 Å². The largest absolute Gasteiger partial charge is 0.159 e. The fourth-order valence-corrected chi connectivity index (χ4v) is 1.83. The highest BCUT2D eigenvalue weighted by Gasteiger charge is 2.23. The first kappa shape index (κ1) is 9.13. The second-order valence-electron chi connectivity index (χ2n) is 3.55. The minimum atomic E-state index is 0.414. The fraction of sp³-hybridized carbons (Fsp3) is 0.333. The summed E-state index contributed by atoms with van der Waals surface area (Å²) in [5, 5.41) is 8.39. The van der Waals surface area contributed by atoms with Gasteiger partial charge in [0.1, 0.15) is 0 Å².